The van der Waals surface area contributed by atoms with Gasteiger partial charge in [0.05, 0.1) is 4.88 Å². The summed E-state index contributed by atoms with van der Waals surface area (Å²) in [4.78, 5) is 13.3. The number of nitrogens with zero attached hydrogens (tertiary/aromatic N) is 1. The molecule has 0 saturated carbocycles. The number of ketones is 1. The van der Waals surface area contributed by atoms with Crippen molar-refractivity contribution in [3.05, 3.63) is 56.8 Å². The fourth-order valence-electron chi connectivity index (χ4n) is 2.10. The summed E-state index contributed by atoms with van der Waals surface area (Å²) >= 11 is 4.88. The molecular weight excluding hydrogens is 310 g/mol. The first kappa shape index (κ1) is 11.7. The lowest BCUT2D eigenvalue weighted by Gasteiger charge is -1.97. The maximum absolute atomic E-state index is 12.5. The van der Waals surface area contributed by atoms with E-state index < -0.39 is 0 Å². The van der Waals surface area contributed by atoms with Crippen molar-refractivity contribution in [2.24, 2.45) is 7.05 Å². The molecule has 1 aromatic carbocycles. The summed E-state index contributed by atoms with van der Waals surface area (Å²) in [5.41, 5.74) is 1.84. The highest BCUT2D eigenvalue weighted by Crippen LogP contribution is 2.29. The van der Waals surface area contributed by atoms with Gasteiger partial charge in [-0.25, -0.2) is 0 Å². The number of halogens is 1. The van der Waals surface area contributed by atoms with Gasteiger partial charge in [-0.2, -0.15) is 0 Å². The molecule has 0 fully saturated rings. The Balaban J connectivity index is 2.21. The Kier molecular flexibility index (Phi) is 2.84. The van der Waals surface area contributed by atoms with E-state index in [1.54, 1.807) is 0 Å². The molecule has 0 aliphatic rings. The van der Waals surface area contributed by atoms with Crippen molar-refractivity contribution >= 4 is 44.0 Å². The fraction of sp³-hybridized carbons (Fsp3) is 0.0714. The molecule has 0 spiro atoms. The third-order valence-corrected chi connectivity index (χ3v) is 4.80. The standard InChI is InChI=1S/C14H10BrNOS/c1-16-8-10(9-4-2-3-5-12(9)16)13(17)14-11(15)6-7-18-14/h2-8H,1H3. The minimum absolute atomic E-state index is 0.0775. The van der Waals surface area contributed by atoms with Gasteiger partial charge >= 0.3 is 0 Å². The number of aromatic nitrogens is 1. The number of fused-ring (bicyclic) bond motifs is 1. The average molecular weight is 320 g/mol. The van der Waals surface area contributed by atoms with Crippen molar-refractivity contribution in [2.75, 3.05) is 0 Å². The van der Waals surface area contributed by atoms with Gasteiger partial charge in [-0.1, -0.05) is 18.2 Å². The Morgan fingerprint density at radius 3 is 2.78 bits per heavy atom. The number of thiophene rings is 1. The lowest BCUT2D eigenvalue weighted by atomic mass is 10.1. The van der Waals surface area contributed by atoms with Gasteiger partial charge in [0.15, 0.2) is 0 Å². The van der Waals surface area contributed by atoms with Crippen molar-refractivity contribution in [3.8, 4) is 0 Å². The lowest BCUT2D eigenvalue weighted by Crippen LogP contribution is -1.98. The number of carbonyl (C=O) groups is 1. The van der Waals surface area contributed by atoms with Crippen molar-refractivity contribution in [1.82, 2.24) is 4.57 Å². The van der Waals surface area contributed by atoms with Gasteiger partial charge in [-0.3, -0.25) is 4.79 Å². The summed E-state index contributed by atoms with van der Waals surface area (Å²) in [5.74, 6) is 0.0775. The van der Waals surface area contributed by atoms with Crippen LogP contribution in [0.2, 0.25) is 0 Å². The molecular formula is C14H10BrNOS. The quantitative estimate of drug-likeness (QED) is 0.648. The van der Waals surface area contributed by atoms with Crippen LogP contribution in [-0.2, 0) is 7.05 Å². The Labute approximate surface area is 117 Å². The third kappa shape index (κ3) is 1.72. The van der Waals surface area contributed by atoms with Gasteiger partial charge in [0.25, 0.3) is 0 Å². The Morgan fingerprint density at radius 1 is 1.28 bits per heavy atom. The largest absolute Gasteiger partial charge is 0.350 e. The Hall–Kier alpha value is -1.39. The number of hydrogen-bond acceptors (Lipinski definition) is 2. The van der Waals surface area contributed by atoms with Crippen LogP contribution < -0.4 is 0 Å². The zero-order chi connectivity index (χ0) is 12.7. The van der Waals surface area contributed by atoms with Crippen molar-refractivity contribution in [1.29, 1.82) is 0 Å². The highest BCUT2D eigenvalue weighted by Gasteiger charge is 2.18. The third-order valence-electron chi connectivity index (χ3n) is 2.96. The Bertz CT molecular complexity index is 741. The second-order valence-electron chi connectivity index (χ2n) is 4.10. The topological polar surface area (TPSA) is 22.0 Å². The first-order chi connectivity index (χ1) is 8.68. The monoisotopic (exact) mass is 319 g/mol. The summed E-state index contributed by atoms with van der Waals surface area (Å²) in [7, 11) is 1.96. The second-order valence-corrected chi connectivity index (χ2v) is 5.87. The van der Waals surface area contributed by atoms with Gasteiger partial charge in [0.1, 0.15) is 0 Å². The van der Waals surface area contributed by atoms with Gasteiger partial charge in [0, 0.05) is 34.2 Å². The minimum atomic E-state index is 0.0775. The summed E-state index contributed by atoms with van der Waals surface area (Å²) in [6.07, 6.45) is 1.90. The molecule has 0 unspecified atom stereocenters. The molecule has 0 N–H and O–H groups in total. The second kappa shape index (κ2) is 4.37. The number of carbonyl (C=O) groups excluding carboxylic acids is 1. The van der Waals surface area contributed by atoms with Crippen LogP contribution >= 0.6 is 27.3 Å². The van der Waals surface area contributed by atoms with E-state index in [1.165, 1.54) is 11.3 Å². The minimum Gasteiger partial charge on any atom is -0.350 e. The lowest BCUT2D eigenvalue weighted by molar-refractivity contribution is 0.104. The number of para-hydroxylation sites is 1. The molecule has 18 heavy (non-hydrogen) atoms. The van der Waals surface area contributed by atoms with Gasteiger partial charge in [0.2, 0.25) is 5.78 Å². The smallest absolute Gasteiger partial charge is 0.206 e. The van der Waals surface area contributed by atoms with Crippen molar-refractivity contribution in [3.63, 3.8) is 0 Å². The van der Waals surface area contributed by atoms with Crippen LogP contribution in [0.1, 0.15) is 15.2 Å². The van der Waals surface area contributed by atoms with Crippen LogP contribution in [0.25, 0.3) is 10.9 Å². The molecule has 2 aromatic heterocycles. The predicted octanol–water partition coefficient (Wildman–Crippen LogP) is 4.23. The number of benzene rings is 1. The zero-order valence-corrected chi connectivity index (χ0v) is 12.1. The molecule has 4 heteroatoms. The first-order valence-corrected chi connectivity index (χ1v) is 7.17. The number of aryl methyl sites for hydroxylation is 1. The predicted molar refractivity (Wildman–Crippen MR) is 78.4 cm³/mol. The van der Waals surface area contributed by atoms with Crippen LogP contribution in [0.4, 0.5) is 0 Å². The highest BCUT2D eigenvalue weighted by atomic mass is 79.9. The molecule has 0 amide bonds. The van der Waals surface area contributed by atoms with E-state index in [9.17, 15) is 4.79 Å². The molecule has 0 bridgehead atoms. The summed E-state index contributed by atoms with van der Waals surface area (Å²) in [6.45, 7) is 0. The zero-order valence-electron chi connectivity index (χ0n) is 9.68. The van der Waals surface area contributed by atoms with Gasteiger partial charge < -0.3 is 4.57 Å². The molecule has 0 aliphatic heterocycles. The van der Waals surface area contributed by atoms with Crippen LogP contribution in [-0.4, -0.2) is 10.4 Å². The summed E-state index contributed by atoms with van der Waals surface area (Å²) in [5, 5.41) is 2.92. The summed E-state index contributed by atoms with van der Waals surface area (Å²) < 4.78 is 2.86. The molecule has 3 aromatic rings. The molecule has 0 radical (unpaired) electrons. The van der Waals surface area contributed by atoms with E-state index in [2.05, 4.69) is 15.9 Å². The van der Waals surface area contributed by atoms with Gasteiger partial charge in [-0.05, 0) is 33.4 Å². The molecule has 2 nitrogen and oxygen atoms in total. The van der Waals surface area contributed by atoms with E-state index in [-0.39, 0.29) is 5.78 Å². The molecule has 2 heterocycles. The molecule has 0 atom stereocenters. The van der Waals surface area contributed by atoms with E-state index in [4.69, 9.17) is 0 Å². The maximum atomic E-state index is 12.5. The van der Waals surface area contributed by atoms with Crippen LogP contribution in [0.15, 0.2) is 46.4 Å². The van der Waals surface area contributed by atoms with Crippen molar-refractivity contribution < 1.29 is 4.79 Å². The maximum Gasteiger partial charge on any atom is 0.206 e. The normalized spacial score (nSPS) is 11.0. The first-order valence-electron chi connectivity index (χ1n) is 5.50. The van der Waals surface area contributed by atoms with E-state index in [1.807, 2.05) is 53.5 Å². The highest BCUT2D eigenvalue weighted by molar-refractivity contribution is 9.10. The Morgan fingerprint density at radius 2 is 2.06 bits per heavy atom. The molecule has 0 aliphatic carbocycles. The SMILES string of the molecule is Cn1cc(C(=O)c2sccc2Br)c2ccccc21. The van der Waals surface area contributed by atoms with E-state index in [0.717, 1.165) is 25.8 Å². The van der Waals surface area contributed by atoms with Crippen molar-refractivity contribution in [2.45, 2.75) is 0 Å². The van der Waals surface area contributed by atoms with E-state index >= 15 is 0 Å². The molecule has 0 saturated heterocycles. The number of hydrogen-bond donors (Lipinski definition) is 0. The van der Waals surface area contributed by atoms with E-state index in [0.29, 0.717) is 0 Å². The molecule has 3 rings (SSSR count). The van der Waals surface area contributed by atoms with Crippen LogP contribution in [0, 0.1) is 0 Å². The summed E-state index contributed by atoms with van der Waals surface area (Å²) in [6, 6.07) is 9.86. The van der Waals surface area contributed by atoms with Crippen LogP contribution in [0.3, 0.4) is 0 Å². The fourth-order valence-corrected chi connectivity index (χ4v) is 3.61. The van der Waals surface area contributed by atoms with Crippen LogP contribution in [0.5, 0.6) is 0 Å². The molecule has 90 valence electrons. The number of rotatable bonds is 2. The van der Waals surface area contributed by atoms with Gasteiger partial charge in [-0.15, -0.1) is 11.3 Å². The average Bonchev–Trinajstić information content (AvgIpc) is 2.94.